The lowest BCUT2D eigenvalue weighted by atomic mass is 10.2. The predicted octanol–water partition coefficient (Wildman–Crippen LogP) is -0.289. The molecule has 11 aliphatic heterocycles. The summed E-state index contributed by atoms with van der Waals surface area (Å²) in [5.41, 5.74) is 1.21. The topological polar surface area (TPSA) is 400 Å². The Kier molecular flexibility index (Phi) is 39.3. The fourth-order valence-electron chi connectivity index (χ4n) is 7.56. The van der Waals surface area contributed by atoms with Gasteiger partial charge in [-0.3, -0.25) is 34.3 Å². The Hall–Kier alpha value is -7.78. The van der Waals surface area contributed by atoms with Crippen LogP contribution in [0.25, 0.3) is 17.0 Å². The number of hydrogen-bond acceptors (Lipinski definition) is 14. The highest BCUT2D eigenvalue weighted by Crippen LogP contribution is 2.09. The van der Waals surface area contributed by atoms with E-state index in [1.165, 1.54) is 22.5 Å². The lowest BCUT2D eigenvalue weighted by molar-refractivity contribution is -0.126. The number of hydrogen-bond donors (Lipinski definition) is 16. The van der Waals surface area contributed by atoms with Crippen LogP contribution in [0.3, 0.4) is 0 Å². The van der Waals surface area contributed by atoms with Gasteiger partial charge in [0.25, 0.3) is 0 Å². The fraction of sp³-hybridized carbons (Fsp3) is 0.509. The predicted molar refractivity (Wildman–Crippen MR) is 351 cm³/mol. The summed E-state index contributed by atoms with van der Waals surface area (Å²) in [4.78, 5) is 81.0. The zero-order valence-electron chi connectivity index (χ0n) is 50.2. The number of fused-ring (bicyclic) bond motifs is 2. The number of carbonyl (C=O) groups is 7. The molecule has 16 N–H and O–H groups in total. The van der Waals surface area contributed by atoms with Crippen LogP contribution in [0.2, 0.25) is 0 Å². The molecule has 4 aromatic rings. The summed E-state index contributed by atoms with van der Waals surface area (Å²) in [6.07, 6.45) is 18.8. The Labute approximate surface area is 531 Å². The monoisotopic (exact) mass is 1320 g/mol. The Morgan fingerprint density at radius 2 is 0.843 bits per heavy atom. The number of nitrogens with one attached hydrogen (secondary N) is 16. The zero-order valence-corrected chi connectivity index (χ0v) is 53.5. The van der Waals surface area contributed by atoms with Gasteiger partial charge in [0.1, 0.15) is 0 Å². The number of β-lactam (4-membered cyclic amide) rings is 1. The normalized spacial score (nSPS) is 19.2. The van der Waals surface area contributed by atoms with E-state index in [1.54, 1.807) is 0 Å². The summed E-state index contributed by atoms with van der Waals surface area (Å²) in [7, 11) is -5.63. The van der Waals surface area contributed by atoms with Gasteiger partial charge in [0, 0.05) is 141 Å². The standard InChI is InChI=1S/2C8H7N.C5H9NO.C4H8N2O.C4H8N2S.C4H9NO2S.C4H5NO2.C4H7NO.C4H5N.C3H6N2O.C3H6N2S.C3H7NO2S.C3H5NO/c2*1-2-4-8-7(3-1)5-6-9-8;7-5-3-1-2-4-6-5;2*7-4-5-2-1-3-6-4;6-8(7)4-2-1-3-5-8;6-3-1-2-4(7)5-3;6-4-2-1-3-5-4;1-2-4-5-3-1;2*6-3-4-1-2-5-3;5-7(6)3-1-2-4-7;5-3-1-2-4-3/h1-5H,6H2;1-6,9H;1-4H2,(H,6,7);2*1-3H2,(H2,5,6,7);5H,1-4H2;1-2H2,(H,5,6,7);1-3H2,(H,5,6);1-5H;2*1-2H2,(H2,4,5,6);4H,1-3H2;1-2H2,(H,4,5). The van der Waals surface area contributed by atoms with Gasteiger partial charge in [-0.2, -0.15) is 0 Å². The van der Waals surface area contributed by atoms with Crippen molar-refractivity contribution in [1.82, 2.24) is 83.2 Å². The van der Waals surface area contributed by atoms with Gasteiger partial charge < -0.3 is 68.5 Å². The molecular formula is C57H89N17O11S4. The summed E-state index contributed by atoms with van der Waals surface area (Å²) >= 11 is 9.48. The molecule has 0 saturated carbocycles. The average Bonchev–Trinajstić information content (AvgIpc) is 4.57. The van der Waals surface area contributed by atoms with Crippen LogP contribution < -0.4 is 83.8 Å². The number of aromatic nitrogens is 2. The third kappa shape index (κ3) is 40.4. The van der Waals surface area contributed by atoms with E-state index in [9.17, 15) is 50.4 Å². The van der Waals surface area contributed by atoms with Crippen LogP contribution in [0.4, 0.5) is 9.59 Å². The number of thiocarbonyl (C=S) groups is 2. The number of rotatable bonds is 0. The van der Waals surface area contributed by atoms with Gasteiger partial charge in [0.05, 0.1) is 23.4 Å². The molecule has 2 aromatic carbocycles. The SMILES string of the molecule is C1=c2ccccc2=NC1.O=C1CCC(=O)N1.O=C1CCCCN1.O=C1CCCN1.O=C1CCN1.O=C1NCCCN1.O=C1NCCN1.O=S1(=O)CCCCN1.O=S1(=O)CCCN1.S=C1NCCCN1.S=C1NCCN1.c1cc[nH]c1.c1ccc2[nH]ccc2c1. The molecule has 32 heteroatoms. The summed E-state index contributed by atoms with van der Waals surface area (Å²) < 4.78 is 46.5. The van der Waals surface area contributed by atoms with Crippen molar-refractivity contribution in [2.45, 2.75) is 83.5 Å². The molecule has 9 amide bonds. The maximum Gasteiger partial charge on any atom is 0.314 e. The smallest absolute Gasteiger partial charge is 0.314 e. The van der Waals surface area contributed by atoms with Gasteiger partial charge in [-0.05, 0) is 117 Å². The fourth-order valence-corrected chi connectivity index (χ4v) is 10.3. The lowest BCUT2D eigenvalue weighted by Gasteiger charge is -2.14. The maximum absolute atomic E-state index is 10.5. The number of carbonyl (C=O) groups excluding carboxylic acids is 7. The van der Waals surface area contributed by atoms with E-state index in [0.29, 0.717) is 37.4 Å². The van der Waals surface area contributed by atoms with Crippen LogP contribution in [-0.2, 0) is 44.0 Å². The minimum Gasteiger partial charge on any atom is -0.368 e. The molecule has 492 valence electrons. The van der Waals surface area contributed by atoms with E-state index < -0.39 is 20.0 Å². The highest BCUT2D eigenvalue weighted by atomic mass is 32.2. The van der Waals surface area contributed by atoms with Crippen molar-refractivity contribution < 1.29 is 50.4 Å². The van der Waals surface area contributed by atoms with Gasteiger partial charge in [-0.1, -0.05) is 42.5 Å². The number of urea groups is 2. The third-order valence-corrected chi connectivity index (χ3v) is 15.9. The second-order valence-corrected chi connectivity index (χ2v) is 24.5. The van der Waals surface area contributed by atoms with Crippen molar-refractivity contribution in [3.05, 3.63) is 95.9 Å². The average molecular weight is 1320 g/mol. The molecule has 10 saturated heterocycles. The number of piperidine rings is 1. The first kappa shape index (κ1) is 75.5. The van der Waals surface area contributed by atoms with E-state index in [0.717, 1.165) is 158 Å². The van der Waals surface area contributed by atoms with Gasteiger partial charge in [-0.15, -0.1) is 0 Å². The van der Waals surface area contributed by atoms with Crippen molar-refractivity contribution in [3.63, 3.8) is 0 Å². The number of imide groups is 1. The number of para-hydroxylation sites is 2. The van der Waals surface area contributed by atoms with Crippen molar-refractivity contribution in [1.29, 1.82) is 0 Å². The molecule has 28 nitrogen and oxygen atoms in total. The molecule has 13 heterocycles. The third-order valence-electron chi connectivity index (χ3n) is 12.4. The van der Waals surface area contributed by atoms with Gasteiger partial charge in [-0.25, -0.2) is 35.9 Å². The molecule has 0 atom stereocenters. The molecule has 2 aromatic heterocycles. The van der Waals surface area contributed by atoms with E-state index in [2.05, 4.69) is 119 Å². The molecule has 11 aliphatic rings. The Morgan fingerprint density at radius 1 is 0.382 bits per heavy atom. The molecule has 10 fully saturated rings. The van der Waals surface area contributed by atoms with Gasteiger partial charge in [0.2, 0.25) is 49.6 Å². The number of aromatic amines is 2. The molecular weight excluding hydrogens is 1230 g/mol. The second-order valence-electron chi connectivity index (χ2n) is 19.8. The van der Waals surface area contributed by atoms with Crippen LogP contribution in [-0.4, -0.2) is 182 Å². The minimum absolute atomic E-state index is 0.0359. The van der Waals surface area contributed by atoms with E-state index in [-0.39, 0.29) is 41.6 Å². The van der Waals surface area contributed by atoms with Crippen LogP contribution in [0.15, 0.2) is 90.3 Å². The van der Waals surface area contributed by atoms with Crippen LogP contribution in [0.1, 0.15) is 83.5 Å². The Bertz CT molecular complexity index is 2860. The minimum atomic E-state index is -2.83. The van der Waals surface area contributed by atoms with Gasteiger partial charge >= 0.3 is 12.1 Å². The second kappa shape index (κ2) is 46.4. The lowest BCUT2D eigenvalue weighted by Crippen LogP contribution is -2.42. The van der Waals surface area contributed by atoms with Crippen molar-refractivity contribution in [2.75, 3.05) is 103 Å². The van der Waals surface area contributed by atoms with E-state index in [1.807, 2.05) is 61.1 Å². The Balaban J connectivity index is 0.000000253. The number of sulfonamides is 2. The van der Waals surface area contributed by atoms with Crippen LogP contribution >= 0.6 is 24.4 Å². The molecule has 0 spiro atoms. The van der Waals surface area contributed by atoms with Gasteiger partial charge in [0.15, 0.2) is 10.2 Å². The number of nitrogens with zero attached hydrogens (tertiary/aromatic N) is 1. The largest absolute Gasteiger partial charge is 0.368 e. The maximum atomic E-state index is 10.5. The quantitative estimate of drug-likeness (QED) is 0.0611. The first-order valence-electron chi connectivity index (χ1n) is 29.7. The van der Waals surface area contributed by atoms with Crippen LogP contribution in [0.5, 0.6) is 0 Å². The number of benzene rings is 2. The molecule has 0 aliphatic carbocycles. The highest BCUT2D eigenvalue weighted by molar-refractivity contribution is 7.89. The van der Waals surface area contributed by atoms with Crippen molar-refractivity contribution in [2.24, 2.45) is 4.99 Å². The Morgan fingerprint density at radius 3 is 1.17 bits per heavy atom. The summed E-state index contributed by atoms with van der Waals surface area (Å²) in [6, 6.07) is 22.3. The molecule has 0 unspecified atom stereocenters. The summed E-state index contributed by atoms with van der Waals surface area (Å²) in [5.74, 6) is 0.932. The van der Waals surface area contributed by atoms with Crippen LogP contribution in [0, 0.1) is 0 Å². The summed E-state index contributed by atoms with van der Waals surface area (Å²) in [5, 5.41) is 37.7. The first-order chi connectivity index (χ1) is 42.9. The first-order valence-corrected chi connectivity index (χ1v) is 33.9. The zero-order chi connectivity index (χ0) is 64.6. The number of amides is 9. The molecule has 15 rings (SSSR count). The van der Waals surface area contributed by atoms with Crippen molar-refractivity contribution in [3.8, 4) is 0 Å². The van der Waals surface area contributed by atoms with E-state index in [4.69, 9.17) is 24.4 Å². The number of H-pyrrole nitrogens is 2. The van der Waals surface area contributed by atoms with Crippen molar-refractivity contribution >= 4 is 113 Å². The summed E-state index contributed by atoms with van der Waals surface area (Å²) in [6.45, 7) is 12.0. The molecule has 0 bridgehead atoms. The highest BCUT2D eigenvalue weighted by Gasteiger charge is 2.17. The van der Waals surface area contributed by atoms with E-state index >= 15 is 0 Å². The molecule has 89 heavy (non-hydrogen) atoms. The molecule has 0 radical (unpaired) electrons.